The van der Waals surface area contributed by atoms with Crippen molar-refractivity contribution in [2.75, 3.05) is 13.1 Å². The van der Waals surface area contributed by atoms with Gasteiger partial charge < -0.3 is 15.7 Å². The first-order valence-electron chi connectivity index (χ1n) is 6.11. The number of amides is 2. The minimum atomic E-state index is -0.383. The predicted octanol–water partition coefficient (Wildman–Crippen LogP) is 1.37. The van der Waals surface area contributed by atoms with Crippen LogP contribution in [-0.4, -0.2) is 35.3 Å². The fraction of sp³-hybridized carbons (Fsp3) is 0.667. The van der Waals surface area contributed by atoms with Crippen LogP contribution >= 0.6 is 11.3 Å². The van der Waals surface area contributed by atoms with Gasteiger partial charge in [0.2, 0.25) is 0 Å². The summed E-state index contributed by atoms with van der Waals surface area (Å²) in [5.41, 5.74) is 1.07. The summed E-state index contributed by atoms with van der Waals surface area (Å²) >= 11 is 1.67. The highest BCUT2D eigenvalue weighted by atomic mass is 32.1. The Bertz CT molecular complexity index is 371. The first-order chi connectivity index (χ1) is 8.49. The van der Waals surface area contributed by atoms with E-state index >= 15 is 0 Å². The molecule has 3 N–H and O–H groups in total. The van der Waals surface area contributed by atoms with Crippen LogP contribution in [0.5, 0.6) is 0 Å². The van der Waals surface area contributed by atoms with Crippen LogP contribution in [0.1, 0.15) is 28.9 Å². The summed E-state index contributed by atoms with van der Waals surface area (Å²) in [6.07, 6.45) is 0.938. The molecule has 1 aromatic rings. The lowest BCUT2D eigenvalue weighted by molar-refractivity contribution is 0.183. The Morgan fingerprint density at radius 2 is 2.06 bits per heavy atom. The predicted molar refractivity (Wildman–Crippen MR) is 73.0 cm³/mol. The van der Waals surface area contributed by atoms with E-state index in [9.17, 15) is 4.79 Å². The summed E-state index contributed by atoms with van der Waals surface area (Å²) in [6, 6.07) is -0.194. The number of aryl methyl sites for hydroxylation is 2. The highest BCUT2D eigenvalue weighted by Gasteiger charge is 2.05. The third kappa shape index (κ3) is 5.46. The van der Waals surface area contributed by atoms with Crippen molar-refractivity contribution in [2.45, 2.75) is 39.7 Å². The standard InChI is InChI=1S/C12H21N3O2S/c1-8(16)4-6-13-12(17)14-7-5-11-15-9(2)10(3)18-11/h8,16H,4-7H2,1-3H3,(H2,13,14,17). The number of carbonyl (C=O) groups excluding carboxylic acids is 1. The van der Waals surface area contributed by atoms with E-state index in [-0.39, 0.29) is 12.1 Å². The lowest BCUT2D eigenvalue weighted by atomic mass is 10.3. The molecule has 0 fully saturated rings. The highest BCUT2D eigenvalue weighted by molar-refractivity contribution is 7.11. The Morgan fingerprint density at radius 3 is 2.61 bits per heavy atom. The second-order valence-corrected chi connectivity index (χ2v) is 5.61. The molecule has 1 atom stereocenters. The van der Waals surface area contributed by atoms with Crippen LogP contribution in [0.15, 0.2) is 0 Å². The number of aliphatic hydroxyl groups is 1. The van der Waals surface area contributed by atoms with Gasteiger partial charge in [-0.2, -0.15) is 0 Å². The molecule has 0 aromatic carbocycles. The zero-order valence-electron chi connectivity index (χ0n) is 11.1. The third-order valence-corrected chi connectivity index (χ3v) is 3.68. The molecule has 0 spiro atoms. The van der Waals surface area contributed by atoms with E-state index in [4.69, 9.17) is 5.11 Å². The molecule has 18 heavy (non-hydrogen) atoms. The van der Waals surface area contributed by atoms with Crippen LogP contribution in [0.3, 0.4) is 0 Å². The Morgan fingerprint density at radius 1 is 1.39 bits per heavy atom. The number of hydrogen-bond donors (Lipinski definition) is 3. The van der Waals surface area contributed by atoms with Crippen LogP contribution in [0.4, 0.5) is 4.79 Å². The van der Waals surface area contributed by atoms with E-state index in [1.54, 1.807) is 18.3 Å². The molecule has 0 saturated heterocycles. The van der Waals surface area contributed by atoms with Crippen LogP contribution in [-0.2, 0) is 6.42 Å². The number of nitrogens with one attached hydrogen (secondary N) is 2. The maximum absolute atomic E-state index is 11.4. The Hall–Kier alpha value is -1.14. The van der Waals surface area contributed by atoms with Crippen molar-refractivity contribution in [1.29, 1.82) is 0 Å². The second-order valence-electron chi connectivity index (χ2n) is 4.32. The minimum absolute atomic E-state index is 0.194. The normalized spacial score (nSPS) is 12.2. The average Bonchev–Trinajstić information content (AvgIpc) is 2.57. The van der Waals surface area contributed by atoms with Gasteiger partial charge >= 0.3 is 6.03 Å². The average molecular weight is 271 g/mol. The minimum Gasteiger partial charge on any atom is -0.393 e. The highest BCUT2D eigenvalue weighted by Crippen LogP contribution is 2.16. The molecule has 1 rings (SSSR count). The summed E-state index contributed by atoms with van der Waals surface area (Å²) in [5, 5.41) is 15.5. The Kier molecular flexibility index (Phi) is 6.07. The van der Waals surface area contributed by atoms with Crippen LogP contribution in [0.2, 0.25) is 0 Å². The molecule has 2 amide bonds. The molecule has 0 saturated carbocycles. The molecule has 0 aliphatic carbocycles. The van der Waals surface area contributed by atoms with Gasteiger partial charge in [-0.3, -0.25) is 0 Å². The van der Waals surface area contributed by atoms with Gasteiger partial charge in [0.15, 0.2) is 0 Å². The van der Waals surface area contributed by atoms with Gasteiger partial charge in [-0.1, -0.05) is 0 Å². The van der Waals surface area contributed by atoms with Crippen molar-refractivity contribution in [1.82, 2.24) is 15.6 Å². The number of carbonyl (C=O) groups is 1. The zero-order valence-corrected chi connectivity index (χ0v) is 11.9. The number of nitrogens with zero attached hydrogens (tertiary/aromatic N) is 1. The Balaban J connectivity index is 2.15. The van der Waals surface area contributed by atoms with Crippen LogP contribution in [0.25, 0.3) is 0 Å². The first-order valence-corrected chi connectivity index (χ1v) is 6.93. The van der Waals surface area contributed by atoms with E-state index in [1.165, 1.54) is 4.88 Å². The van der Waals surface area contributed by atoms with E-state index < -0.39 is 0 Å². The maximum Gasteiger partial charge on any atom is 0.314 e. The second kappa shape index (κ2) is 7.33. The number of hydrogen-bond acceptors (Lipinski definition) is 4. The van der Waals surface area contributed by atoms with Crippen molar-refractivity contribution in [3.05, 3.63) is 15.6 Å². The molecule has 1 unspecified atom stereocenters. The quantitative estimate of drug-likeness (QED) is 0.731. The van der Waals surface area contributed by atoms with Crippen molar-refractivity contribution in [3.63, 3.8) is 0 Å². The van der Waals surface area contributed by atoms with E-state index in [2.05, 4.69) is 15.6 Å². The molecule has 0 aliphatic rings. The lowest BCUT2D eigenvalue weighted by Gasteiger charge is -2.07. The molecule has 6 heteroatoms. The smallest absolute Gasteiger partial charge is 0.314 e. The van der Waals surface area contributed by atoms with Crippen molar-refractivity contribution in [3.8, 4) is 0 Å². The first kappa shape index (κ1) is 14.9. The molecule has 102 valence electrons. The molecular weight excluding hydrogens is 250 g/mol. The fourth-order valence-corrected chi connectivity index (χ4v) is 2.32. The summed E-state index contributed by atoms with van der Waals surface area (Å²) in [5.74, 6) is 0. The molecule has 0 radical (unpaired) electrons. The number of rotatable bonds is 6. The van der Waals surface area contributed by atoms with Gasteiger partial charge in [0.25, 0.3) is 0 Å². The molecule has 0 aliphatic heterocycles. The summed E-state index contributed by atoms with van der Waals surface area (Å²) in [7, 11) is 0. The zero-order chi connectivity index (χ0) is 13.5. The van der Waals surface area contributed by atoms with Gasteiger partial charge in [0.05, 0.1) is 16.8 Å². The topological polar surface area (TPSA) is 74.2 Å². The maximum atomic E-state index is 11.4. The van der Waals surface area contributed by atoms with E-state index in [0.717, 1.165) is 17.1 Å². The number of urea groups is 1. The number of thiazole rings is 1. The SMILES string of the molecule is Cc1nc(CCNC(=O)NCCC(C)O)sc1C. The van der Waals surface area contributed by atoms with Crippen molar-refractivity contribution < 1.29 is 9.90 Å². The monoisotopic (exact) mass is 271 g/mol. The molecule has 5 nitrogen and oxygen atoms in total. The number of aliphatic hydroxyl groups excluding tert-OH is 1. The van der Waals surface area contributed by atoms with E-state index in [1.807, 2.05) is 13.8 Å². The van der Waals surface area contributed by atoms with Gasteiger partial charge in [-0.15, -0.1) is 11.3 Å². The molecule has 0 bridgehead atoms. The van der Waals surface area contributed by atoms with Gasteiger partial charge in [0, 0.05) is 24.4 Å². The molecule has 1 heterocycles. The third-order valence-electron chi connectivity index (χ3n) is 2.54. The summed E-state index contributed by atoms with van der Waals surface area (Å²) in [4.78, 5) is 17.0. The summed E-state index contributed by atoms with van der Waals surface area (Å²) in [6.45, 7) is 6.80. The number of aromatic nitrogens is 1. The van der Waals surface area contributed by atoms with Crippen LogP contribution in [0, 0.1) is 13.8 Å². The fourth-order valence-electron chi connectivity index (χ4n) is 1.39. The largest absolute Gasteiger partial charge is 0.393 e. The Labute approximate surface area is 112 Å². The summed E-state index contributed by atoms with van der Waals surface area (Å²) < 4.78 is 0. The van der Waals surface area contributed by atoms with Gasteiger partial charge in [-0.25, -0.2) is 9.78 Å². The molecule has 1 aromatic heterocycles. The van der Waals surface area contributed by atoms with Crippen molar-refractivity contribution in [2.24, 2.45) is 0 Å². The van der Waals surface area contributed by atoms with Crippen molar-refractivity contribution >= 4 is 17.4 Å². The van der Waals surface area contributed by atoms with Crippen LogP contribution < -0.4 is 10.6 Å². The van der Waals surface area contributed by atoms with Gasteiger partial charge in [0.1, 0.15) is 0 Å². The lowest BCUT2D eigenvalue weighted by Crippen LogP contribution is -2.37. The van der Waals surface area contributed by atoms with E-state index in [0.29, 0.717) is 19.5 Å². The van der Waals surface area contributed by atoms with Gasteiger partial charge in [-0.05, 0) is 27.2 Å². The molecular formula is C12H21N3O2S.